The van der Waals surface area contributed by atoms with E-state index < -0.39 is 0 Å². The molecule has 2 heterocycles. The summed E-state index contributed by atoms with van der Waals surface area (Å²) in [5.74, 6) is 0. The molecule has 11 rings (SSSR count). The molecule has 0 unspecified atom stereocenters. The van der Waals surface area contributed by atoms with Crippen molar-refractivity contribution in [1.82, 2.24) is 4.57 Å². The maximum atomic E-state index is 6.33. The number of hydrogen-bond donors (Lipinski definition) is 0. The first kappa shape index (κ1) is 32.8. The van der Waals surface area contributed by atoms with Gasteiger partial charge in [0.15, 0.2) is 0 Å². The van der Waals surface area contributed by atoms with Gasteiger partial charge in [-0.25, -0.2) is 0 Å². The molecule has 0 spiro atoms. The van der Waals surface area contributed by atoms with Crippen LogP contribution < -0.4 is 4.90 Å². The summed E-state index contributed by atoms with van der Waals surface area (Å²) in [5.41, 5.74) is 15.5. The Morgan fingerprint density at radius 2 is 0.930 bits per heavy atom. The van der Waals surface area contributed by atoms with E-state index in [0.29, 0.717) is 0 Å². The average molecular weight is 729 g/mol. The molecule has 0 N–H and O–H groups in total. The highest BCUT2D eigenvalue weighted by molar-refractivity contribution is 6.17. The van der Waals surface area contributed by atoms with Crippen LogP contribution in [0, 0.1) is 0 Å². The Labute approximate surface area is 330 Å². The Morgan fingerprint density at radius 3 is 1.70 bits per heavy atom. The van der Waals surface area contributed by atoms with Crippen LogP contribution >= 0.6 is 0 Å². The standard InChI is InChI=1S/C54H36N2O/c1-4-17-37(18-5-1)42-33-31-40(35-46(42)39-21-8-3-9-22-39)56-49-27-14-11-25-45(49)54-50(28-16-29-51(54)56)55(48-26-13-10-23-43(48)38-19-6-2-7-20-38)41-32-34-53-47(36-41)44-24-12-15-30-52(44)57-53/h1-36H. The molecule has 11 aromatic rings. The summed E-state index contributed by atoms with van der Waals surface area (Å²) in [6, 6.07) is 78.2. The molecule has 0 fully saturated rings. The highest BCUT2D eigenvalue weighted by Gasteiger charge is 2.24. The molecule has 0 saturated carbocycles. The summed E-state index contributed by atoms with van der Waals surface area (Å²) in [6.45, 7) is 0. The average Bonchev–Trinajstić information content (AvgIpc) is 3.83. The third-order valence-electron chi connectivity index (χ3n) is 11.2. The molecular weight excluding hydrogens is 693 g/mol. The second kappa shape index (κ2) is 13.6. The van der Waals surface area contributed by atoms with Crippen molar-refractivity contribution in [2.45, 2.75) is 0 Å². The SMILES string of the molecule is c1ccc(-c2ccc(-n3c4ccccc4c4c(N(c5ccc6oc7ccccc7c6c5)c5ccccc5-c5ccccc5)cccc43)cc2-c2ccccc2)cc1. The van der Waals surface area contributed by atoms with Crippen LogP contribution in [0.3, 0.4) is 0 Å². The largest absolute Gasteiger partial charge is 0.456 e. The zero-order chi connectivity index (χ0) is 37.7. The zero-order valence-corrected chi connectivity index (χ0v) is 31.1. The van der Waals surface area contributed by atoms with Gasteiger partial charge >= 0.3 is 0 Å². The fourth-order valence-electron chi connectivity index (χ4n) is 8.65. The number of furan rings is 1. The number of rotatable bonds is 7. The maximum absolute atomic E-state index is 6.33. The van der Waals surface area contributed by atoms with Crippen LogP contribution in [-0.4, -0.2) is 4.57 Å². The molecule has 0 aliphatic heterocycles. The lowest BCUT2D eigenvalue weighted by Gasteiger charge is -2.29. The van der Waals surface area contributed by atoms with Gasteiger partial charge in [-0.05, 0) is 88.5 Å². The lowest BCUT2D eigenvalue weighted by molar-refractivity contribution is 0.669. The molecule has 0 bridgehead atoms. The van der Waals surface area contributed by atoms with Crippen LogP contribution in [-0.2, 0) is 0 Å². The molecule has 0 aliphatic rings. The van der Waals surface area contributed by atoms with Gasteiger partial charge < -0.3 is 13.9 Å². The van der Waals surface area contributed by atoms with Gasteiger partial charge in [0.25, 0.3) is 0 Å². The second-order valence-corrected chi connectivity index (χ2v) is 14.5. The lowest BCUT2D eigenvalue weighted by Crippen LogP contribution is -2.11. The fraction of sp³-hybridized carbons (Fsp3) is 0. The molecule has 0 aliphatic carbocycles. The smallest absolute Gasteiger partial charge is 0.135 e. The minimum Gasteiger partial charge on any atom is -0.456 e. The van der Waals surface area contributed by atoms with E-state index in [-0.39, 0.29) is 0 Å². The molecule has 9 aromatic carbocycles. The summed E-state index contributed by atoms with van der Waals surface area (Å²) >= 11 is 0. The van der Waals surface area contributed by atoms with Crippen molar-refractivity contribution >= 4 is 60.8 Å². The summed E-state index contributed by atoms with van der Waals surface area (Å²) in [4.78, 5) is 2.44. The first-order chi connectivity index (χ1) is 28.3. The summed E-state index contributed by atoms with van der Waals surface area (Å²) < 4.78 is 8.76. The molecule has 0 radical (unpaired) electrons. The third-order valence-corrected chi connectivity index (χ3v) is 11.2. The zero-order valence-electron chi connectivity index (χ0n) is 31.1. The van der Waals surface area contributed by atoms with E-state index >= 15 is 0 Å². The van der Waals surface area contributed by atoms with Crippen molar-refractivity contribution in [2.24, 2.45) is 0 Å². The van der Waals surface area contributed by atoms with Gasteiger partial charge in [0.05, 0.1) is 22.4 Å². The van der Waals surface area contributed by atoms with E-state index in [0.717, 1.165) is 66.8 Å². The highest BCUT2D eigenvalue weighted by atomic mass is 16.3. The van der Waals surface area contributed by atoms with E-state index in [4.69, 9.17) is 4.42 Å². The molecular formula is C54H36N2O. The van der Waals surface area contributed by atoms with Gasteiger partial charge in [0, 0.05) is 38.5 Å². The Bertz CT molecular complexity index is 3230. The normalized spacial score (nSPS) is 11.5. The van der Waals surface area contributed by atoms with Crippen molar-refractivity contribution < 1.29 is 4.42 Å². The van der Waals surface area contributed by atoms with Gasteiger partial charge in [-0.2, -0.15) is 0 Å². The Kier molecular flexibility index (Phi) is 7.82. The van der Waals surface area contributed by atoms with E-state index in [9.17, 15) is 0 Å². The second-order valence-electron chi connectivity index (χ2n) is 14.5. The molecule has 268 valence electrons. The number of nitrogens with zero attached hydrogens (tertiary/aromatic N) is 2. The highest BCUT2D eigenvalue weighted by Crippen LogP contribution is 2.48. The Morgan fingerprint density at radius 1 is 0.351 bits per heavy atom. The number of benzene rings is 9. The minimum atomic E-state index is 0.874. The minimum absolute atomic E-state index is 0.874. The first-order valence-electron chi connectivity index (χ1n) is 19.4. The lowest BCUT2D eigenvalue weighted by atomic mass is 9.94. The fourth-order valence-corrected chi connectivity index (χ4v) is 8.65. The number of aromatic nitrogens is 1. The number of para-hydroxylation sites is 3. The Balaban J connectivity index is 1.19. The maximum Gasteiger partial charge on any atom is 0.135 e. The predicted octanol–water partition coefficient (Wildman–Crippen LogP) is 15.2. The Hall–Kier alpha value is -7.62. The number of hydrogen-bond acceptors (Lipinski definition) is 2. The number of fused-ring (bicyclic) bond motifs is 6. The van der Waals surface area contributed by atoms with Crippen LogP contribution in [0.1, 0.15) is 0 Å². The monoisotopic (exact) mass is 728 g/mol. The molecule has 0 atom stereocenters. The van der Waals surface area contributed by atoms with E-state index in [2.05, 4.69) is 216 Å². The summed E-state index contributed by atoms with van der Waals surface area (Å²) in [7, 11) is 0. The number of anilines is 3. The van der Waals surface area contributed by atoms with Crippen molar-refractivity contribution in [3.63, 3.8) is 0 Å². The van der Waals surface area contributed by atoms with Crippen molar-refractivity contribution in [3.05, 3.63) is 218 Å². The molecule has 0 saturated heterocycles. The van der Waals surface area contributed by atoms with Crippen molar-refractivity contribution in [3.8, 4) is 39.1 Å². The summed E-state index contributed by atoms with van der Waals surface area (Å²) in [5, 5.41) is 4.57. The first-order valence-corrected chi connectivity index (χ1v) is 19.4. The quantitative estimate of drug-likeness (QED) is 0.163. The molecule has 57 heavy (non-hydrogen) atoms. The van der Waals surface area contributed by atoms with Gasteiger partial charge in [0.1, 0.15) is 11.2 Å². The molecule has 3 heteroatoms. The topological polar surface area (TPSA) is 21.3 Å². The predicted molar refractivity (Wildman–Crippen MR) is 239 cm³/mol. The molecule has 2 aromatic heterocycles. The van der Waals surface area contributed by atoms with Gasteiger partial charge in [0.2, 0.25) is 0 Å². The van der Waals surface area contributed by atoms with Gasteiger partial charge in [-0.1, -0.05) is 158 Å². The van der Waals surface area contributed by atoms with Crippen LogP contribution in [0.25, 0.3) is 82.8 Å². The molecule has 3 nitrogen and oxygen atoms in total. The van der Waals surface area contributed by atoms with E-state index in [1.165, 1.54) is 33.0 Å². The van der Waals surface area contributed by atoms with Gasteiger partial charge in [-0.3, -0.25) is 0 Å². The van der Waals surface area contributed by atoms with Crippen LogP contribution in [0.4, 0.5) is 17.1 Å². The summed E-state index contributed by atoms with van der Waals surface area (Å²) in [6.07, 6.45) is 0. The van der Waals surface area contributed by atoms with E-state index in [1.807, 2.05) is 12.1 Å². The van der Waals surface area contributed by atoms with E-state index in [1.54, 1.807) is 0 Å². The van der Waals surface area contributed by atoms with Crippen LogP contribution in [0.5, 0.6) is 0 Å². The third kappa shape index (κ3) is 5.51. The van der Waals surface area contributed by atoms with Gasteiger partial charge in [-0.15, -0.1) is 0 Å². The van der Waals surface area contributed by atoms with Crippen LogP contribution in [0.2, 0.25) is 0 Å². The van der Waals surface area contributed by atoms with Crippen molar-refractivity contribution in [1.29, 1.82) is 0 Å². The van der Waals surface area contributed by atoms with Crippen LogP contribution in [0.15, 0.2) is 223 Å². The van der Waals surface area contributed by atoms with Crippen molar-refractivity contribution in [2.75, 3.05) is 4.90 Å². The molecule has 0 amide bonds.